The van der Waals surface area contributed by atoms with Gasteiger partial charge < -0.3 is 15.2 Å². The van der Waals surface area contributed by atoms with Crippen molar-refractivity contribution in [1.82, 2.24) is 0 Å². The van der Waals surface area contributed by atoms with Gasteiger partial charge in [-0.3, -0.25) is 0 Å². The fraction of sp³-hybridized carbons (Fsp3) is 0.190. The van der Waals surface area contributed by atoms with Crippen LogP contribution in [0.2, 0.25) is 5.02 Å². The first-order chi connectivity index (χ1) is 12.7. The summed E-state index contributed by atoms with van der Waals surface area (Å²) >= 11 is 6.10. The van der Waals surface area contributed by atoms with Gasteiger partial charge in [-0.1, -0.05) is 54.1 Å². The second-order valence-corrected chi connectivity index (χ2v) is 6.33. The molecular formula is C21H20ClNO3. The van der Waals surface area contributed by atoms with E-state index >= 15 is 0 Å². The zero-order valence-electron chi connectivity index (χ0n) is 14.2. The minimum atomic E-state index is -0.991. The zero-order chi connectivity index (χ0) is 18.4. The summed E-state index contributed by atoms with van der Waals surface area (Å²) in [5, 5.41) is 15.0. The SMILES string of the molecule is O=C(O)c1cccc(Cl)c1NCCCCOc1cccc2ccccc12. The Morgan fingerprint density at radius 1 is 1.00 bits per heavy atom. The highest BCUT2D eigenvalue weighted by atomic mass is 35.5. The molecule has 0 aliphatic carbocycles. The van der Waals surface area contributed by atoms with Crippen LogP contribution in [0, 0.1) is 0 Å². The highest BCUT2D eigenvalue weighted by molar-refractivity contribution is 6.34. The van der Waals surface area contributed by atoms with E-state index in [1.54, 1.807) is 18.2 Å². The van der Waals surface area contributed by atoms with Gasteiger partial charge in [0.15, 0.2) is 0 Å². The Morgan fingerprint density at radius 3 is 2.62 bits per heavy atom. The second kappa shape index (κ2) is 8.59. The van der Waals surface area contributed by atoms with Crippen LogP contribution in [0.15, 0.2) is 60.7 Å². The van der Waals surface area contributed by atoms with Crippen LogP contribution in [-0.2, 0) is 0 Å². The highest BCUT2D eigenvalue weighted by Gasteiger charge is 2.12. The predicted molar refractivity (Wildman–Crippen MR) is 106 cm³/mol. The van der Waals surface area contributed by atoms with Crippen molar-refractivity contribution in [3.63, 3.8) is 0 Å². The third-order valence-electron chi connectivity index (χ3n) is 4.12. The van der Waals surface area contributed by atoms with E-state index in [-0.39, 0.29) is 5.56 Å². The summed E-state index contributed by atoms with van der Waals surface area (Å²) in [5.74, 6) is -0.107. The van der Waals surface area contributed by atoms with Gasteiger partial charge >= 0.3 is 5.97 Å². The Kier molecular flexibility index (Phi) is 5.97. The maximum absolute atomic E-state index is 11.3. The van der Waals surface area contributed by atoms with E-state index in [9.17, 15) is 9.90 Å². The Bertz CT molecular complexity index is 905. The molecule has 0 atom stereocenters. The van der Waals surface area contributed by atoms with Gasteiger partial charge in [0.25, 0.3) is 0 Å². The number of unbranched alkanes of at least 4 members (excludes halogenated alkanes) is 1. The van der Waals surface area contributed by atoms with Crippen molar-refractivity contribution in [2.75, 3.05) is 18.5 Å². The Labute approximate surface area is 157 Å². The van der Waals surface area contributed by atoms with E-state index in [4.69, 9.17) is 16.3 Å². The van der Waals surface area contributed by atoms with Crippen LogP contribution in [0.25, 0.3) is 10.8 Å². The first-order valence-corrected chi connectivity index (χ1v) is 8.91. The Hall–Kier alpha value is -2.72. The van der Waals surface area contributed by atoms with Gasteiger partial charge in [-0.15, -0.1) is 0 Å². The molecule has 4 nitrogen and oxygen atoms in total. The Balaban J connectivity index is 1.49. The van der Waals surface area contributed by atoms with E-state index in [1.807, 2.05) is 24.3 Å². The van der Waals surface area contributed by atoms with Crippen molar-refractivity contribution in [3.8, 4) is 5.75 Å². The number of aromatic carboxylic acids is 1. The van der Waals surface area contributed by atoms with Crippen molar-refractivity contribution in [1.29, 1.82) is 0 Å². The van der Waals surface area contributed by atoms with Gasteiger partial charge in [0.1, 0.15) is 5.75 Å². The van der Waals surface area contributed by atoms with Gasteiger partial charge in [-0.05, 0) is 36.4 Å². The van der Waals surface area contributed by atoms with Crippen LogP contribution in [0.1, 0.15) is 23.2 Å². The predicted octanol–water partition coefficient (Wildman–Crippen LogP) is 5.46. The number of carbonyl (C=O) groups is 1. The fourth-order valence-electron chi connectivity index (χ4n) is 2.83. The minimum Gasteiger partial charge on any atom is -0.493 e. The number of para-hydroxylation sites is 1. The molecule has 5 heteroatoms. The standard InChI is InChI=1S/C21H20ClNO3/c22-18-11-6-10-17(21(24)25)20(18)23-13-3-4-14-26-19-12-5-8-15-7-1-2-9-16(15)19/h1-2,5-12,23H,3-4,13-14H2,(H,24,25). The molecule has 0 radical (unpaired) electrons. The number of carboxylic acids is 1. The van der Waals surface area contributed by atoms with Crippen molar-refractivity contribution < 1.29 is 14.6 Å². The number of nitrogens with one attached hydrogen (secondary N) is 1. The minimum absolute atomic E-state index is 0.185. The van der Waals surface area contributed by atoms with Gasteiger partial charge in [-0.2, -0.15) is 0 Å². The average Bonchev–Trinajstić information content (AvgIpc) is 2.65. The molecule has 3 aromatic rings. The summed E-state index contributed by atoms with van der Waals surface area (Å²) in [7, 11) is 0. The number of fused-ring (bicyclic) bond motifs is 1. The van der Waals surface area contributed by atoms with E-state index in [0.29, 0.717) is 23.9 Å². The monoisotopic (exact) mass is 369 g/mol. The number of hydrogen-bond acceptors (Lipinski definition) is 3. The quantitative estimate of drug-likeness (QED) is 0.517. The van der Waals surface area contributed by atoms with Crippen molar-refractivity contribution in [2.24, 2.45) is 0 Å². The number of benzene rings is 3. The van der Waals surface area contributed by atoms with E-state index in [2.05, 4.69) is 23.5 Å². The van der Waals surface area contributed by atoms with E-state index < -0.39 is 5.97 Å². The van der Waals surface area contributed by atoms with Gasteiger partial charge in [0.2, 0.25) is 0 Å². The van der Waals surface area contributed by atoms with Gasteiger partial charge in [0.05, 0.1) is 22.9 Å². The smallest absolute Gasteiger partial charge is 0.337 e. The molecule has 0 aliphatic heterocycles. The number of anilines is 1. The molecule has 3 aromatic carbocycles. The summed E-state index contributed by atoms with van der Waals surface area (Å²) < 4.78 is 5.91. The average molecular weight is 370 g/mol. The molecule has 0 fully saturated rings. The first kappa shape index (κ1) is 18.1. The fourth-order valence-corrected chi connectivity index (χ4v) is 3.07. The molecule has 0 bridgehead atoms. The molecule has 0 unspecified atom stereocenters. The van der Waals surface area contributed by atoms with Crippen LogP contribution < -0.4 is 10.1 Å². The Morgan fingerprint density at radius 2 is 1.77 bits per heavy atom. The van der Waals surface area contributed by atoms with Crippen LogP contribution in [0.5, 0.6) is 5.75 Å². The maximum Gasteiger partial charge on any atom is 0.337 e. The topological polar surface area (TPSA) is 58.6 Å². The molecule has 0 amide bonds. The van der Waals surface area contributed by atoms with Crippen LogP contribution in [0.3, 0.4) is 0 Å². The zero-order valence-corrected chi connectivity index (χ0v) is 15.0. The van der Waals surface area contributed by atoms with Crippen LogP contribution in [-0.4, -0.2) is 24.2 Å². The number of halogens is 1. The third-order valence-corrected chi connectivity index (χ3v) is 4.44. The lowest BCUT2D eigenvalue weighted by molar-refractivity contribution is 0.0698. The number of rotatable bonds is 8. The summed E-state index contributed by atoms with van der Waals surface area (Å²) in [4.78, 5) is 11.3. The molecule has 134 valence electrons. The summed E-state index contributed by atoms with van der Waals surface area (Å²) in [6.45, 7) is 1.23. The molecule has 0 heterocycles. The largest absolute Gasteiger partial charge is 0.493 e. The van der Waals surface area contributed by atoms with Gasteiger partial charge in [0, 0.05) is 11.9 Å². The molecule has 2 N–H and O–H groups in total. The molecule has 3 rings (SSSR count). The highest BCUT2D eigenvalue weighted by Crippen LogP contribution is 2.27. The first-order valence-electron chi connectivity index (χ1n) is 8.53. The lowest BCUT2D eigenvalue weighted by Crippen LogP contribution is -2.09. The molecule has 0 aromatic heterocycles. The summed E-state index contributed by atoms with van der Waals surface area (Å²) in [6.07, 6.45) is 1.69. The lowest BCUT2D eigenvalue weighted by Gasteiger charge is -2.12. The molecule has 0 aliphatic rings. The number of carboxylic acid groups (broad SMARTS) is 1. The molecule has 0 saturated heterocycles. The maximum atomic E-state index is 11.3. The summed E-state index contributed by atoms with van der Waals surface area (Å²) in [6, 6.07) is 19.0. The van der Waals surface area contributed by atoms with Gasteiger partial charge in [-0.25, -0.2) is 4.79 Å². The normalized spacial score (nSPS) is 10.7. The van der Waals surface area contributed by atoms with Crippen molar-refractivity contribution in [2.45, 2.75) is 12.8 Å². The number of ether oxygens (including phenoxy) is 1. The summed E-state index contributed by atoms with van der Waals surface area (Å²) in [5.41, 5.74) is 0.654. The molecule has 26 heavy (non-hydrogen) atoms. The lowest BCUT2D eigenvalue weighted by atomic mass is 10.1. The van der Waals surface area contributed by atoms with Crippen LogP contribution in [0.4, 0.5) is 5.69 Å². The van der Waals surface area contributed by atoms with Crippen molar-refractivity contribution in [3.05, 3.63) is 71.2 Å². The molecule has 0 saturated carbocycles. The molecular weight excluding hydrogens is 350 g/mol. The second-order valence-electron chi connectivity index (χ2n) is 5.93. The van der Waals surface area contributed by atoms with E-state index in [0.717, 1.165) is 29.4 Å². The van der Waals surface area contributed by atoms with E-state index in [1.165, 1.54) is 0 Å². The third kappa shape index (κ3) is 4.27. The van der Waals surface area contributed by atoms with Crippen LogP contribution >= 0.6 is 11.6 Å². The van der Waals surface area contributed by atoms with Crippen molar-refractivity contribution >= 4 is 34.0 Å². The number of hydrogen-bond donors (Lipinski definition) is 2. The molecule has 0 spiro atoms.